The Bertz CT molecular complexity index is 326. The van der Waals surface area contributed by atoms with Gasteiger partial charge in [-0.15, -0.1) is 0 Å². The van der Waals surface area contributed by atoms with Crippen LogP contribution in [0.1, 0.15) is 36.2 Å². The molecule has 0 saturated heterocycles. The Morgan fingerprint density at radius 3 is 2.57 bits per heavy atom. The molecule has 1 aliphatic rings. The van der Waals surface area contributed by atoms with Crippen molar-refractivity contribution in [3.63, 3.8) is 0 Å². The van der Waals surface area contributed by atoms with E-state index in [-0.39, 0.29) is 6.61 Å². The number of hydrogen-bond acceptors (Lipinski definition) is 2. The lowest BCUT2D eigenvalue weighted by atomic mass is 9.85. The summed E-state index contributed by atoms with van der Waals surface area (Å²) in [6.45, 7) is 5.16. The minimum atomic E-state index is 0.113. The minimum absolute atomic E-state index is 0.113. The molecule has 1 aromatic heterocycles. The zero-order chi connectivity index (χ0) is 10.1. The van der Waals surface area contributed by atoms with Gasteiger partial charge >= 0.3 is 0 Å². The molecule has 1 aliphatic carbocycles. The van der Waals surface area contributed by atoms with Gasteiger partial charge in [0.2, 0.25) is 0 Å². The van der Waals surface area contributed by atoms with Crippen molar-refractivity contribution in [2.45, 2.75) is 46.3 Å². The summed E-state index contributed by atoms with van der Waals surface area (Å²) in [5, 5.41) is 13.6. The number of aliphatic hydroxyl groups is 1. The number of rotatable bonds is 3. The van der Waals surface area contributed by atoms with Gasteiger partial charge in [-0.2, -0.15) is 5.10 Å². The number of hydrogen-bond donors (Lipinski definition) is 1. The van der Waals surface area contributed by atoms with Crippen LogP contribution in [0, 0.1) is 19.8 Å². The van der Waals surface area contributed by atoms with Gasteiger partial charge in [-0.3, -0.25) is 4.68 Å². The summed E-state index contributed by atoms with van der Waals surface area (Å²) in [4.78, 5) is 0. The molecule has 3 nitrogen and oxygen atoms in total. The van der Waals surface area contributed by atoms with E-state index in [0.717, 1.165) is 29.4 Å². The second kappa shape index (κ2) is 3.73. The maximum Gasteiger partial charge on any atom is 0.0718 e. The van der Waals surface area contributed by atoms with Crippen LogP contribution >= 0.6 is 0 Å². The summed E-state index contributed by atoms with van der Waals surface area (Å²) in [7, 11) is 0. The monoisotopic (exact) mass is 194 g/mol. The van der Waals surface area contributed by atoms with Crippen LogP contribution in [0.25, 0.3) is 0 Å². The summed E-state index contributed by atoms with van der Waals surface area (Å²) >= 11 is 0. The van der Waals surface area contributed by atoms with Gasteiger partial charge in [-0.25, -0.2) is 0 Å². The van der Waals surface area contributed by atoms with E-state index in [9.17, 15) is 0 Å². The SMILES string of the molecule is Cc1nn(CC2CCC2)c(C)c1CO. The Morgan fingerprint density at radius 1 is 1.43 bits per heavy atom. The quantitative estimate of drug-likeness (QED) is 0.796. The highest BCUT2D eigenvalue weighted by Gasteiger charge is 2.20. The summed E-state index contributed by atoms with van der Waals surface area (Å²) in [5.41, 5.74) is 3.12. The normalized spacial score (nSPS) is 17.1. The van der Waals surface area contributed by atoms with E-state index in [0.29, 0.717) is 0 Å². The van der Waals surface area contributed by atoms with Crippen LogP contribution in [0.5, 0.6) is 0 Å². The Morgan fingerprint density at radius 2 is 2.14 bits per heavy atom. The molecular formula is C11H18N2O. The molecule has 0 unspecified atom stereocenters. The van der Waals surface area contributed by atoms with Gasteiger partial charge < -0.3 is 5.11 Å². The maximum absolute atomic E-state index is 9.16. The average Bonchev–Trinajstić information content (AvgIpc) is 2.35. The third-order valence-electron chi connectivity index (χ3n) is 3.35. The molecule has 2 rings (SSSR count). The van der Waals surface area contributed by atoms with E-state index in [1.54, 1.807) is 0 Å². The lowest BCUT2D eigenvalue weighted by molar-refractivity contribution is 0.262. The van der Waals surface area contributed by atoms with Crippen LogP contribution in [-0.4, -0.2) is 14.9 Å². The topological polar surface area (TPSA) is 38.0 Å². The van der Waals surface area contributed by atoms with Gasteiger partial charge in [0.05, 0.1) is 12.3 Å². The second-order valence-electron chi connectivity index (χ2n) is 4.29. The molecule has 3 heteroatoms. The largest absolute Gasteiger partial charge is 0.392 e. The fourth-order valence-corrected chi connectivity index (χ4v) is 2.06. The molecule has 1 saturated carbocycles. The number of aliphatic hydroxyl groups excluding tert-OH is 1. The first-order valence-electron chi connectivity index (χ1n) is 5.36. The van der Waals surface area contributed by atoms with E-state index < -0.39 is 0 Å². The highest BCUT2D eigenvalue weighted by atomic mass is 16.3. The van der Waals surface area contributed by atoms with E-state index in [1.807, 2.05) is 13.8 Å². The Labute approximate surface area is 84.7 Å². The predicted molar refractivity (Wildman–Crippen MR) is 55.0 cm³/mol. The highest BCUT2D eigenvalue weighted by Crippen LogP contribution is 2.28. The Kier molecular flexibility index (Phi) is 2.59. The Hall–Kier alpha value is -0.830. The molecule has 78 valence electrons. The average molecular weight is 194 g/mol. The number of nitrogens with zero attached hydrogens (tertiary/aromatic N) is 2. The molecular weight excluding hydrogens is 176 g/mol. The molecule has 0 aromatic carbocycles. The lowest BCUT2D eigenvalue weighted by Crippen LogP contribution is -2.19. The standard InChI is InChI=1S/C11H18N2O/c1-8-11(7-14)9(2)13(12-8)6-10-4-3-5-10/h10,14H,3-7H2,1-2H3. The summed E-state index contributed by atoms with van der Waals surface area (Å²) < 4.78 is 2.06. The molecule has 14 heavy (non-hydrogen) atoms. The van der Waals surface area contributed by atoms with Crippen LogP contribution < -0.4 is 0 Å². The van der Waals surface area contributed by atoms with Gasteiger partial charge in [-0.1, -0.05) is 6.42 Å². The molecule has 0 spiro atoms. The zero-order valence-electron chi connectivity index (χ0n) is 8.95. The van der Waals surface area contributed by atoms with Crippen molar-refractivity contribution < 1.29 is 5.11 Å². The molecule has 1 heterocycles. The molecule has 0 amide bonds. The smallest absolute Gasteiger partial charge is 0.0718 e. The van der Waals surface area contributed by atoms with Gasteiger partial charge in [0.1, 0.15) is 0 Å². The summed E-state index contributed by atoms with van der Waals surface area (Å²) in [6.07, 6.45) is 4.05. The number of aryl methyl sites for hydroxylation is 1. The molecule has 1 N–H and O–H groups in total. The summed E-state index contributed by atoms with van der Waals surface area (Å²) in [6, 6.07) is 0. The molecule has 0 aliphatic heterocycles. The van der Waals surface area contributed by atoms with Crippen molar-refractivity contribution in [3.8, 4) is 0 Å². The second-order valence-corrected chi connectivity index (χ2v) is 4.29. The fourth-order valence-electron chi connectivity index (χ4n) is 2.06. The third-order valence-corrected chi connectivity index (χ3v) is 3.35. The first kappa shape index (κ1) is 9.71. The first-order valence-corrected chi connectivity index (χ1v) is 5.36. The van der Waals surface area contributed by atoms with E-state index in [4.69, 9.17) is 5.11 Å². The van der Waals surface area contributed by atoms with Crippen molar-refractivity contribution in [2.24, 2.45) is 5.92 Å². The predicted octanol–water partition coefficient (Wildman–Crippen LogP) is 1.79. The van der Waals surface area contributed by atoms with Crippen LogP contribution in [0.2, 0.25) is 0 Å². The molecule has 0 atom stereocenters. The summed E-state index contributed by atoms with van der Waals surface area (Å²) in [5.74, 6) is 0.819. The first-order chi connectivity index (χ1) is 6.72. The maximum atomic E-state index is 9.16. The van der Waals surface area contributed by atoms with Crippen LogP contribution in [0.3, 0.4) is 0 Å². The molecule has 1 fully saturated rings. The van der Waals surface area contributed by atoms with Crippen molar-refractivity contribution in [3.05, 3.63) is 17.0 Å². The third kappa shape index (κ3) is 1.57. The van der Waals surface area contributed by atoms with E-state index in [1.165, 1.54) is 19.3 Å². The highest BCUT2D eigenvalue weighted by molar-refractivity contribution is 5.23. The van der Waals surface area contributed by atoms with Crippen molar-refractivity contribution in [1.29, 1.82) is 0 Å². The van der Waals surface area contributed by atoms with Crippen LogP contribution in [0.4, 0.5) is 0 Å². The van der Waals surface area contributed by atoms with E-state index >= 15 is 0 Å². The van der Waals surface area contributed by atoms with Crippen LogP contribution in [0.15, 0.2) is 0 Å². The molecule has 1 aromatic rings. The molecule has 0 radical (unpaired) electrons. The van der Waals surface area contributed by atoms with Gasteiger partial charge in [-0.05, 0) is 32.6 Å². The van der Waals surface area contributed by atoms with Gasteiger partial charge in [0.15, 0.2) is 0 Å². The number of aromatic nitrogens is 2. The van der Waals surface area contributed by atoms with Gasteiger partial charge in [0, 0.05) is 17.8 Å². The van der Waals surface area contributed by atoms with Gasteiger partial charge in [0.25, 0.3) is 0 Å². The zero-order valence-corrected chi connectivity index (χ0v) is 8.95. The van der Waals surface area contributed by atoms with E-state index in [2.05, 4.69) is 9.78 Å². The van der Waals surface area contributed by atoms with Crippen LogP contribution in [-0.2, 0) is 13.2 Å². The minimum Gasteiger partial charge on any atom is -0.392 e. The van der Waals surface area contributed by atoms with Crippen molar-refractivity contribution in [2.75, 3.05) is 0 Å². The fraction of sp³-hybridized carbons (Fsp3) is 0.727. The Balaban J connectivity index is 2.16. The molecule has 0 bridgehead atoms. The lowest BCUT2D eigenvalue weighted by Gasteiger charge is -2.25. The van der Waals surface area contributed by atoms with Crippen molar-refractivity contribution >= 4 is 0 Å². The van der Waals surface area contributed by atoms with Crippen molar-refractivity contribution in [1.82, 2.24) is 9.78 Å².